The summed E-state index contributed by atoms with van der Waals surface area (Å²) in [5.74, 6) is -3.93. The Balaban J connectivity index is 2.83. The van der Waals surface area contributed by atoms with Crippen LogP contribution in [-0.4, -0.2) is 92.4 Å². The Bertz CT molecular complexity index is 1390. The van der Waals surface area contributed by atoms with Crippen molar-refractivity contribution in [1.82, 2.24) is 0 Å². The molecule has 0 aliphatic carbocycles. The normalized spacial score (nSPS) is 18.7. The molecular weight excluding hydrogens is 861 g/mol. The number of carbonyl (C=O) groups is 6. The maximum absolute atomic E-state index is 13.2. The summed E-state index contributed by atoms with van der Waals surface area (Å²) in [7, 11) is 0. The number of hydrogen-bond donors (Lipinski definition) is 0. The van der Waals surface area contributed by atoms with Gasteiger partial charge in [-0.25, -0.2) is 0 Å². The van der Waals surface area contributed by atoms with Gasteiger partial charge in [0.05, 0.1) is 6.61 Å². The van der Waals surface area contributed by atoms with Crippen LogP contribution in [0, 0.1) is 0 Å². The summed E-state index contributed by atoms with van der Waals surface area (Å²) in [6.45, 7) is 7.91. The smallest absolute Gasteiger partial charge is 0.306 e. The second-order valence-electron chi connectivity index (χ2n) is 17.9. The van der Waals surface area contributed by atoms with Crippen LogP contribution in [0.1, 0.15) is 221 Å². The van der Waals surface area contributed by atoms with E-state index < -0.39 is 79.2 Å². The molecule has 1 aliphatic heterocycles. The van der Waals surface area contributed by atoms with Crippen LogP contribution in [0.25, 0.3) is 0 Å². The zero-order valence-electron chi connectivity index (χ0n) is 42.4. The van der Waals surface area contributed by atoms with Gasteiger partial charge in [0.25, 0.3) is 0 Å². The number of allylic oxidation sites excluding steroid dienone is 4. The zero-order valence-corrected chi connectivity index (χ0v) is 42.4. The van der Waals surface area contributed by atoms with Crippen LogP contribution in [0.15, 0.2) is 24.3 Å². The molecule has 14 heteroatoms. The third-order valence-corrected chi connectivity index (χ3v) is 11.4. The second kappa shape index (κ2) is 41.2. The summed E-state index contributed by atoms with van der Waals surface area (Å²) in [6, 6.07) is 0. The maximum atomic E-state index is 13.2. The van der Waals surface area contributed by atoms with Gasteiger partial charge in [-0.2, -0.15) is 0 Å². The van der Waals surface area contributed by atoms with E-state index in [0.29, 0.717) is 12.8 Å². The van der Waals surface area contributed by atoms with Gasteiger partial charge < -0.3 is 37.9 Å². The average Bonchev–Trinajstić information content (AvgIpc) is 3.27. The summed E-state index contributed by atoms with van der Waals surface area (Å²) in [5, 5.41) is 0. The van der Waals surface area contributed by atoms with E-state index in [1.807, 2.05) is 0 Å². The fourth-order valence-corrected chi connectivity index (χ4v) is 7.82. The van der Waals surface area contributed by atoms with Gasteiger partial charge in [0.1, 0.15) is 19.3 Å². The molecule has 1 fully saturated rings. The number of hydrogen-bond acceptors (Lipinski definition) is 14. The molecule has 0 unspecified atom stereocenters. The van der Waals surface area contributed by atoms with Gasteiger partial charge in [-0.05, 0) is 64.2 Å². The molecule has 0 bridgehead atoms. The molecule has 1 heterocycles. The molecule has 0 amide bonds. The van der Waals surface area contributed by atoms with Crippen molar-refractivity contribution in [2.75, 3.05) is 19.8 Å². The van der Waals surface area contributed by atoms with Crippen molar-refractivity contribution < 1.29 is 66.7 Å². The third kappa shape index (κ3) is 34.2. The number of esters is 6. The molecule has 386 valence electrons. The molecule has 0 aromatic heterocycles. The van der Waals surface area contributed by atoms with E-state index in [4.69, 9.17) is 37.9 Å². The van der Waals surface area contributed by atoms with Gasteiger partial charge in [0, 0.05) is 40.5 Å². The van der Waals surface area contributed by atoms with Crippen molar-refractivity contribution in [2.24, 2.45) is 0 Å². The highest BCUT2D eigenvalue weighted by Crippen LogP contribution is 2.30. The van der Waals surface area contributed by atoms with Gasteiger partial charge in [0.2, 0.25) is 0 Å². The summed E-state index contributed by atoms with van der Waals surface area (Å²) in [4.78, 5) is 74.6. The molecule has 1 rings (SSSR count). The molecule has 14 nitrogen and oxygen atoms in total. The van der Waals surface area contributed by atoms with Crippen LogP contribution < -0.4 is 0 Å². The summed E-state index contributed by atoms with van der Waals surface area (Å²) in [6.07, 6.45) is 30.9. The van der Waals surface area contributed by atoms with E-state index in [-0.39, 0.29) is 26.1 Å². The minimum atomic E-state index is -1.49. The van der Waals surface area contributed by atoms with Crippen LogP contribution >= 0.6 is 0 Å². The molecule has 67 heavy (non-hydrogen) atoms. The second-order valence-corrected chi connectivity index (χ2v) is 17.9. The SMILES string of the molecule is CCCCCCCC/C=C\CCCCCCCC(=O)OC[C@H](CO[C@@H]1O[C@H](COC(C)=O)[C@H](OC(C)=O)[C@H](OC(C)=O)[C@H]1OC(C)=O)OC(=O)CCCCCCC/C=C\CCCCCCCC. The first-order valence-electron chi connectivity index (χ1n) is 25.9. The number of ether oxygens (including phenoxy) is 8. The van der Waals surface area contributed by atoms with E-state index in [2.05, 4.69) is 38.2 Å². The monoisotopic (exact) mass is 951 g/mol. The first-order valence-corrected chi connectivity index (χ1v) is 25.9. The van der Waals surface area contributed by atoms with E-state index in [9.17, 15) is 28.8 Å². The molecule has 0 saturated carbocycles. The first-order chi connectivity index (χ1) is 32.4. The number of rotatable bonds is 41. The molecule has 0 N–H and O–H groups in total. The van der Waals surface area contributed by atoms with Gasteiger partial charge >= 0.3 is 35.8 Å². The summed E-state index contributed by atoms with van der Waals surface area (Å²) >= 11 is 0. The minimum Gasteiger partial charge on any atom is -0.463 e. The van der Waals surface area contributed by atoms with Crippen molar-refractivity contribution in [1.29, 1.82) is 0 Å². The van der Waals surface area contributed by atoms with E-state index in [0.717, 1.165) is 97.8 Å². The highest BCUT2D eigenvalue weighted by Gasteiger charge is 2.53. The van der Waals surface area contributed by atoms with E-state index >= 15 is 0 Å². The summed E-state index contributed by atoms with van der Waals surface area (Å²) in [5.41, 5.74) is 0. The van der Waals surface area contributed by atoms with Crippen molar-refractivity contribution in [3.05, 3.63) is 24.3 Å². The number of carbonyl (C=O) groups excluding carboxylic acids is 6. The molecule has 1 aliphatic rings. The lowest BCUT2D eigenvalue weighted by Gasteiger charge is -2.44. The van der Waals surface area contributed by atoms with E-state index in [1.165, 1.54) is 84.0 Å². The van der Waals surface area contributed by atoms with Gasteiger partial charge in [-0.1, -0.05) is 141 Å². The fourth-order valence-electron chi connectivity index (χ4n) is 7.82. The lowest BCUT2D eigenvalue weighted by molar-refractivity contribution is -0.311. The highest BCUT2D eigenvalue weighted by atomic mass is 16.7. The predicted octanol–water partition coefficient (Wildman–Crippen LogP) is 11.6. The van der Waals surface area contributed by atoms with Crippen molar-refractivity contribution in [2.45, 2.75) is 258 Å². The quantitative estimate of drug-likeness (QED) is 0.0245. The lowest BCUT2D eigenvalue weighted by Crippen LogP contribution is -2.63. The van der Waals surface area contributed by atoms with Crippen molar-refractivity contribution in [3.63, 3.8) is 0 Å². The van der Waals surface area contributed by atoms with Crippen LogP contribution in [0.3, 0.4) is 0 Å². The molecule has 6 atom stereocenters. The van der Waals surface area contributed by atoms with Gasteiger partial charge in [-0.15, -0.1) is 0 Å². The zero-order chi connectivity index (χ0) is 49.3. The van der Waals surface area contributed by atoms with Crippen LogP contribution in [0.4, 0.5) is 0 Å². The topological polar surface area (TPSA) is 176 Å². The van der Waals surface area contributed by atoms with Crippen LogP contribution in [0.2, 0.25) is 0 Å². The first kappa shape index (κ1) is 61.2. The van der Waals surface area contributed by atoms with Crippen molar-refractivity contribution >= 4 is 35.8 Å². The van der Waals surface area contributed by atoms with E-state index in [1.54, 1.807) is 0 Å². The predicted molar refractivity (Wildman–Crippen MR) is 258 cm³/mol. The lowest BCUT2D eigenvalue weighted by atomic mass is 9.98. The van der Waals surface area contributed by atoms with Crippen molar-refractivity contribution in [3.8, 4) is 0 Å². The third-order valence-electron chi connectivity index (χ3n) is 11.4. The Hall–Kier alpha value is -3.78. The number of unbranched alkanes of at least 4 members (excludes halogenated alkanes) is 22. The Morgan fingerprint density at radius 2 is 0.851 bits per heavy atom. The summed E-state index contributed by atoms with van der Waals surface area (Å²) < 4.78 is 45.1. The minimum absolute atomic E-state index is 0.149. The Morgan fingerprint density at radius 3 is 1.30 bits per heavy atom. The van der Waals surface area contributed by atoms with Gasteiger partial charge in [0.15, 0.2) is 30.7 Å². The molecule has 0 radical (unpaired) electrons. The maximum Gasteiger partial charge on any atom is 0.306 e. The Kier molecular flexibility index (Phi) is 37.7. The van der Waals surface area contributed by atoms with Crippen LogP contribution in [-0.2, 0) is 66.7 Å². The highest BCUT2D eigenvalue weighted by molar-refractivity contribution is 5.70. The molecular formula is C53H90O14. The fraction of sp³-hybridized carbons (Fsp3) is 0.811. The molecule has 0 spiro atoms. The molecule has 1 saturated heterocycles. The van der Waals surface area contributed by atoms with Crippen LogP contribution in [0.5, 0.6) is 0 Å². The Morgan fingerprint density at radius 1 is 0.448 bits per heavy atom. The standard InChI is InChI=1S/C53H90O14/c1-7-9-11-13-15-17-19-21-23-25-27-29-31-33-35-37-48(58)61-39-46(66-49(59)38-36-34-32-30-28-26-24-22-20-18-16-14-12-10-8-2)40-62-53-52(65-45(6)57)51(64-44(5)56)50(63-43(4)55)47(67-53)41-60-42(3)54/h21-24,46-47,50-53H,7-20,25-41H2,1-6H3/b23-21-,24-22-/t46-,47-,50+,51+,52-,53-/m1/s1. The Labute approximate surface area is 403 Å². The van der Waals surface area contributed by atoms with Gasteiger partial charge in [-0.3, -0.25) is 28.8 Å². The molecule has 0 aromatic carbocycles. The average molecular weight is 951 g/mol. The molecule has 0 aromatic rings. The largest absolute Gasteiger partial charge is 0.463 e.